The highest BCUT2D eigenvalue weighted by Crippen LogP contribution is 2.25. The van der Waals surface area contributed by atoms with Crippen LogP contribution in [0, 0.1) is 17.1 Å². The first-order valence-electron chi connectivity index (χ1n) is 5.57. The molecule has 0 aliphatic carbocycles. The van der Waals surface area contributed by atoms with Gasteiger partial charge in [0, 0.05) is 15.8 Å². The van der Waals surface area contributed by atoms with Crippen LogP contribution in [0.1, 0.15) is 5.56 Å². The minimum atomic E-state index is -0.354. The molecule has 3 N–H and O–H groups in total. The fourth-order valence-electron chi connectivity index (χ4n) is 1.67. The Morgan fingerprint density at radius 2 is 2.05 bits per heavy atom. The fraction of sp³-hybridized carbons (Fsp3) is 0.0714. The van der Waals surface area contributed by atoms with Crippen LogP contribution >= 0.6 is 15.9 Å². The zero-order chi connectivity index (χ0) is 13.8. The lowest BCUT2D eigenvalue weighted by Crippen LogP contribution is -1.98. The molecule has 2 aromatic rings. The largest absolute Gasteiger partial charge is 0.398 e. The summed E-state index contributed by atoms with van der Waals surface area (Å²) in [5.74, 6) is -0.354. The predicted molar refractivity (Wildman–Crippen MR) is 77.6 cm³/mol. The van der Waals surface area contributed by atoms with Crippen molar-refractivity contribution in [1.82, 2.24) is 0 Å². The summed E-state index contributed by atoms with van der Waals surface area (Å²) in [7, 11) is 0. The summed E-state index contributed by atoms with van der Waals surface area (Å²) in [5, 5.41) is 11.7. The van der Waals surface area contributed by atoms with Crippen molar-refractivity contribution in [3.8, 4) is 6.07 Å². The number of rotatable bonds is 3. The van der Waals surface area contributed by atoms with Crippen LogP contribution in [0.3, 0.4) is 0 Å². The third-order valence-electron chi connectivity index (χ3n) is 2.62. The zero-order valence-corrected chi connectivity index (χ0v) is 11.5. The van der Waals surface area contributed by atoms with Crippen molar-refractivity contribution >= 4 is 33.0 Å². The molecule has 2 rings (SSSR count). The van der Waals surface area contributed by atoms with Crippen LogP contribution in [0.2, 0.25) is 0 Å². The standard InChI is InChI=1S/C14H11BrFN3/c15-10-1-4-14(12(16)8-10)19-11-2-3-13(18)9(7-11)5-6-17/h1-4,7-8,19H,5,18H2. The van der Waals surface area contributed by atoms with E-state index in [0.29, 0.717) is 21.5 Å². The molecule has 0 aromatic heterocycles. The summed E-state index contributed by atoms with van der Waals surface area (Å²) in [6.45, 7) is 0. The number of nitrogens with zero attached hydrogens (tertiary/aromatic N) is 1. The Hall–Kier alpha value is -2.06. The van der Waals surface area contributed by atoms with Gasteiger partial charge in [0.1, 0.15) is 5.82 Å². The van der Waals surface area contributed by atoms with E-state index in [2.05, 4.69) is 21.2 Å². The van der Waals surface area contributed by atoms with Crippen LogP contribution in [-0.2, 0) is 6.42 Å². The third-order valence-corrected chi connectivity index (χ3v) is 3.12. The van der Waals surface area contributed by atoms with E-state index < -0.39 is 0 Å². The van der Waals surface area contributed by atoms with Gasteiger partial charge < -0.3 is 11.1 Å². The molecular weight excluding hydrogens is 309 g/mol. The van der Waals surface area contributed by atoms with Crippen molar-refractivity contribution in [2.75, 3.05) is 11.1 Å². The summed E-state index contributed by atoms with van der Waals surface area (Å²) < 4.78 is 14.4. The van der Waals surface area contributed by atoms with Crippen molar-refractivity contribution in [2.45, 2.75) is 6.42 Å². The van der Waals surface area contributed by atoms with Gasteiger partial charge in [-0.1, -0.05) is 15.9 Å². The molecule has 0 saturated carbocycles. The molecule has 0 atom stereocenters. The van der Waals surface area contributed by atoms with Crippen molar-refractivity contribution in [1.29, 1.82) is 5.26 Å². The topological polar surface area (TPSA) is 61.8 Å². The minimum Gasteiger partial charge on any atom is -0.398 e. The SMILES string of the molecule is N#CCc1cc(Nc2ccc(Br)cc2F)ccc1N. The highest BCUT2D eigenvalue weighted by atomic mass is 79.9. The molecule has 0 saturated heterocycles. The first kappa shape index (κ1) is 13.4. The number of hydrogen-bond acceptors (Lipinski definition) is 3. The van der Waals surface area contributed by atoms with E-state index in [-0.39, 0.29) is 12.2 Å². The number of halogens is 2. The van der Waals surface area contributed by atoms with Gasteiger partial charge in [0.05, 0.1) is 18.2 Å². The number of benzene rings is 2. The first-order chi connectivity index (χ1) is 9.10. The molecule has 0 amide bonds. The summed E-state index contributed by atoms with van der Waals surface area (Å²) in [6, 6.07) is 12.0. The average Bonchev–Trinajstić information content (AvgIpc) is 2.37. The van der Waals surface area contributed by atoms with E-state index in [1.807, 2.05) is 6.07 Å². The van der Waals surface area contributed by atoms with Gasteiger partial charge in [-0.15, -0.1) is 0 Å². The van der Waals surface area contributed by atoms with Gasteiger partial charge in [0.25, 0.3) is 0 Å². The molecule has 0 aliphatic rings. The van der Waals surface area contributed by atoms with Crippen LogP contribution < -0.4 is 11.1 Å². The smallest absolute Gasteiger partial charge is 0.147 e. The molecule has 19 heavy (non-hydrogen) atoms. The van der Waals surface area contributed by atoms with Gasteiger partial charge in [0.2, 0.25) is 0 Å². The van der Waals surface area contributed by atoms with E-state index in [1.54, 1.807) is 30.3 Å². The fourth-order valence-corrected chi connectivity index (χ4v) is 2.00. The molecule has 0 unspecified atom stereocenters. The summed E-state index contributed by atoms with van der Waals surface area (Å²) in [4.78, 5) is 0. The Morgan fingerprint density at radius 3 is 2.74 bits per heavy atom. The number of hydrogen-bond donors (Lipinski definition) is 2. The summed E-state index contributed by atoms with van der Waals surface area (Å²) in [5.41, 5.74) is 8.11. The van der Waals surface area contributed by atoms with Gasteiger partial charge in [0.15, 0.2) is 0 Å². The molecule has 2 aromatic carbocycles. The van der Waals surface area contributed by atoms with Gasteiger partial charge in [-0.05, 0) is 42.0 Å². The second kappa shape index (κ2) is 5.72. The van der Waals surface area contributed by atoms with E-state index >= 15 is 0 Å². The lowest BCUT2D eigenvalue weighted by Gasteiger charge is -2.10. The molecule has 0 fully saturated rings. The first-order valence-corrected chi connectivity index (χ1v) is 6.37. The Kier molecular flexibility index (Phi) is 4.03. The Labute approximate surface area is 119 Å². The zero-order valence-electron chi connectivity index (χ0n) is 9.95. The van der Waals surface area contributed by atoms with Gasteiger partial charge in [-0.25, -0.2) is 4.39 Å². The summed E-state index contributed by atoms with van der Waals surface area (Å²) >= 11 is 3.20. The molecule has 3 nitrogen and oxygen atoms in total. The van der Waals surface area contributed by atoms with Crippen LogP contribution in [0.25, 0.3) is 0 Å². The van der Waals surface area contributed by atoms with E-state index in [1.165, 1.54) is 6.07 Å². The van der Waals surface area contributed by atoms with Gasteiger partial charge in [-0.3, -0.25) is 0 Å². The molecule has 5 heteroatoms. The molecular formula is C14H11BrFN3. The minimum absolute atomic E-state index is 0.226. The number of nitrogens with two attached hydrogens (primary N) is 1. The predicted octanol–water partition coefficient (Wildman–Crippen LogP) is 3.98. The number of nitrogens with one attached hydrogen (secondary N) is 1. The Morgan fingerprint density at radius 1 is 1.26 bits per heavy atom. The van der Waals surface area contributed by atoms with Gasteiger partial charge >= 0.3 is 0 Å². The monoisotopic (exact) mass is 319 g/mol. The molecule has 0 radical (unpaired) electrons. The van der Waals surface area contributed by atoms with Crippen LogP contribution in [0.15, 0.2) is 40.9 Å². The van der Waals surface area contributed by atoms with Crippen molar-refractivity contribution in [3.05, 3.63) is 52.3 Å². The Bertz CT molecular complexity index is 650. The summed E-state index contributed by atoms with van der Waals surface area (Å²) in [6.07, 6.45) is 0.226. The quantitative estimate of drug-likeness (QED) is 0.841. The van der Waals surface area contributed by atoms with E-state index in [0.717, 1.165) is 5.56 Å². The van der Waals surface area contributed by atoms with E-state index in [4.69, 9.17) is 11.0 Å². The third kappa shape index (κ3) is 3.24. The highest BCUT2D eigenvalue weighted by Gasteiger charge is 2.05. The molecule has 0 aliphatic heterocycles. The second-order valence-corrected chi connectivity index (χ2v) is 4.91. The van der Waals surface area contributed by atoms with Crippen LogP contribution in [-0.4, -0.2) is 0 Å². The van der Waals surface area contributed by atoms with Crippen LogP contribution in [0.5, 0.6) is 0 Å². The van der Waals surface area contributed by atoms with Crippen LogP contribution in [0.4, 0.5) is 21.5 Å². The molecule has 0 heterocycles. The van der Waals surface area contributed by atoms with Gasteiger partial charge in [-0.2, -0.15) is 5.26 Å². The molecule has 0 bridgehead atoms. The number of nitrogen functional groups attached to an aromatic ring is 1. The maximum absolute atomic E-state index is 13.7. The molecule has 0 spiro atoms. The Balaban J connectivity index is 2.28. The molecule has 96 valence electrons. The van der Waals surface area contributed by atoms with Crippen molar-refractivity contribution in [3.63, 3.8) is 0 Å². The number of anilines is 3. The normalized spacial score (nSPS) is 9.95. The van der Waals surface area contributed by atoms with Crippen molar-refractivity contribution in [2.24, 2.45) is 0 Å². The maximum Gasteiger partial charge on any atom is 0.147 e. The average molecular weight is 320 g/mol. The number of nitriles is 1. The van der Waals surface area contributed by atoms with Crippen molar-refractivity contribution < 1.29 is 4.39 Å². The second-order valence-electron chi connectivity index (χ2n) is 4.00. The highest BCUT2D eigenvalue weighted by molar-refractivity contribution is 9.10. The van der Waals surface area contributed by atoms with E-state index in [9.17, 15) is 4.39 Å². The lowest BCUT2D eigenvalue weighted by molar-refractivity contribution is 0.631. The maximum atomic E-state index is 13.7. The lowest BCUT2D eigenvalue weighted by atomic mass is 10.1.